The maximum absolute atomic E-state index is 12.7. The van der Waals surface area contributed by atoms with Gasteiger partial charge in [-0.3, -0.25) is 0 Å². The van der Waals surface area contributed by atoms with Gasteiger partial charge in [0, 0.05) is 12.6 Å². The van der Waals surface area contributed by atoms with E-state index in [1.54, 1.807) is 0 Å². The Morgan fingerprint density at radius 2 is 1.69 bits per heavy atom. The highest BCUT2D eigenvalue weighted by atomic mass is 35.5. The lowest BCUT2D eigenvalue weighted by atomic mass is 10.2. The fourth-order valence-corrected chi connectivity index (χ4v) is 3.66. The van der Waals surface area contributed by atoms with E-state index in [2.05, 4.69) is 39.4 Å². The molecule has 0 aliphatic carbocycles. The topological polar surface area (TPSA) is 136 Å². The first-order valence-electron chi connectivity index (χ1n) is 12.2. The molecule has 0 aliphatic rings. The minimum Gasteiger partial charge on any atom is -0.479 e. The van der Waals surface area contributed by atoms with Gasteiger partial charge in [0.25, 0.3) is 0 Å². The summed E-state index contributed by atoms with van der Waals surface area (Å²) in [6.07, 6.45) is -4.01. The van der Waals surface area contributed by atoms with Crippen molar-refractivity contribution in [1.82, 2.24) is 15.0 Å². The Morgan fingerprint density at radius 1 is 1.02 bits per heavy atom. The van der Waals surface area contributed by atoms with Gasteiger partial charge in [0.1, 0.15) is 11.5 Å². The molecule has 2 aromatic carbocycles. The molecule has 0 amide bonds. The van der Waals surface area contributed by atoms with Gasteiger partial charge in [0.05, 0.1) is 21.2 Å². The van der Waals surface area contributed by atoms with Gasteiger partial charge in [0.2, 0.25) is 11.9 Å². The molecule has 42 heavy (non-hydrogen) atoms. The number of anilines is 2. The normalized spacial score (nSPS) is 11.7. The van der Waals surface area contributed by atoms with Gasteiger partial charge in [-0.25, -0.2) is 9.59 Å². The molecule has 3 aromatic rings. The summed E-state index contributed by atoms with van der Waals surface area (Å²) in [6, 6.07) is 6.65. The zero-order chi connectivity index (χ0) is 31.6. The quantitative estimate of drug-likeness (QED) is 0.151. The zero-order valence-electron chi connectivity index (χ0n) is 23.0. The first-order chi connectivity index (χ1) is 19.6. The molecular weight excluding hydrogens is 622 g/mol. The van der Waals surface area contributed by atoms with E-state index in [-0.39, 0.29) is 27.1 Å². The van der Waals surface area contributed by atoms with Gasteiger partial charge >= 0.3 is 18.1 Å². The Labute approximate surface area is 254 Å². The predicted octanol–water partition coefficient (Wildman–Crippen LogP) is 7.28. The van der Waals surface area contributed by atoms with Gasteiger partial charge in [-0.05, 0) is 70.3 Å². The highest BCUT2D eigenvalue weighted by Crippen LogP contribution is 2.37. The molecular formula is C26H28Cl2F3N5O5S. The highest BCUT2D eigenvalue weighted by Gasteiger charge is 2.31. The monoisotopic (exact) mass is 649 g/mol. The number of halogens is 5. The Balaban J connectivity index is 0.000000347. The number of aromatic nitrogens is 3. The lowest BCUT2D eigenvalue weighted by Gasteiger charge is -2.13. The van der Waals surface area contributed by atoms with E-state index < -0.39 is 29.8 Å². The van der Waals surface area contributed by atoms with E-state index in [0.717, 1.165) is 36.8 Å². The van der Waals surface area contributed by atoms with Crippen LogP contribution in [0.4, 0.5) is 25.1 Å². The number of alkyl halides is 3. The third-order valence-electron chi connectivity index (χ3n) is 4.83. The van der Waals surface area contributed by atoms with Gasteiger partial charge < -0.3 is 25.2 Å². The summed E-state index contributed by atoms with van der Waals surface area (Å²) in [5, 5.41) is 15.4. The third kappa shape index (κ3) is 10.7. The number of thioether (sulfide) groups is 1. The van der Waals surface area contributed by atoms with Crippen LogP contribution in [0, 0.1) is 0 Å². The number of hydrogen-bond acceptors (Lipinski definition) is 10. The summed E-state index contributed by atoms with van der Waals surface area (Å²) >= 11 is 13.2. The summed E-state index contributed by atoms with van der Waals surface area (Å²) in [5.74, 6) is -1.14. The van der Waals surface area contributed by atoms with E-state index in [4.69, 9.17) is 37.8 Å². The first-order valence-corrected chi connectivity index (χ1v) is 14.2. The average molecular weight is 651 g/mol. The predicted molar refractivity (Wildman–Crippen MR) is 155 cm³/mol. The number of ether oxygens (including phenoxy) is 2. The molecule has 0 saturated carbocycles. The van der Waals surface area contributed by atoms with Crippen molar-refractivity contribution in [1.29, 1.82) is 0 Å². The maximum Gasteiger partial charge on any atom is 0.416 e. The van der Waals surface area contributed by atoms with Gasteiger partial charge in [-0.2, -0.15) is 28.1 Å². The molecule has 0 saturated heterocycles. The molecule has 3 N–H and O–H groups in total. The standard InChI is InChI=1S/C17H11Cl2F3O5.C9H17N5S/c1-8(15(23)24)26-16(25)11-7-10(3-4-12(11)18)27-14-5-2-9(6-13(14)19)17(20,21)22;1-5-10-7-12-8(11-6(2)3)14-9(13-7)15-4/h2-8H,1H3,(H,23,24);6H,5H2,1-4H3,(H2,10,11,12,13,14)/t8-;/m0./s1. The number of rotatable bonds is 10. The van der Waals surface area contributed by atoms with E-state index in [0.29, 0.717) is 24.0 Å². The van der Waals surface area contributed by atoms with Crippen molar-refractivity contribution < 1.29 is 37.3 Å². The smallest absolute Gasteiger partial charge is 0.416 e. The number of aliphatic carboxylic acids is 1. The van der Waals surface area contributed by atoms with Gasteiger partial charge in [-0.1, -0.05) is 35.0 Å². The van der Waals surface area contributed by atoms with Crippen LogP contribution in [-0.4, -0.2) is 56.9 Å². The van der Waals surface area contributed by atoms with Crippen LogP contribution in [0.25, 0.3) is 0 Å². The van der Waals surface area contributed by atoms with E-state index >= 15 is 0 Å². The Morgan fingerprint density at radius 3 is 2.24 bits per heavy atom. The molecule has 0 fully saturated rings. The summed E-state index contributed by atoms with van der Waals surface area (Å²) in [6.45, 7) is 8.08. The SMILES string of the molecule is CCNc1nc(NC(C)C)nc(SC)n1.C[C@H](OC(=O)c1cc(Oc2ccc(C(F)(F)F)cc2Cl)ccc1Cl)C(=O)O. The number of carbonyl (C=O) groups excluding carboxylic acids is 1. The van der Waals surface area contributed by atoms with Crippen LogP contribution in [0.5, 0.6) is 11.5 Å². The van der Waals surface area contributed by atoms with E-state index in [1.807, 2.05) is 13.2 Å². The molecule has 0 spiro atoms. The maximum atomic E-state index is 12.7. The number of carbonyl (C=O) groups is 2. The molecule has 16 heteroatoms. The molecule has 3 rings (SSSR count). The van der Waals surface area contributed by atoms with Crippen molar-refractivity contribution in [2.75, 3.05) is 23.4 Å². The molecule has 228 valence electrons. The Bertz CT molecular complexity index is 1400. The summed E-state index contributed by atoms with van der Waals surface area (Å²) < 4.78 is 48.1. The Hall–Kier alpha value is -3.49. The van der Waals surface area contributed by atoms with Crippen LogP contribution in [-0.2, 0) is 15.7 Å². The second kappa shape index (κ2) is 15.7. The minimum atomic E-state index is -4.56. The van der Waals surface area contributed by atoms with E-state index in [1.165, 1.54) is 23.9 Å². The molecule has 10 nitrogen and oxygen atoms in total. The van der Waals surface area contributed by atoms with E-state index in [9.17, 15) is 22.8 Å². The van der Waals surface area contributed by atoms with Gasteiger partial charge in [0.15, 0.2) is 11.3 Å². The largest absolute Gasteiger partial charge is 0.479 e. The molecule has 0 bridgehead atoms. The number of benzene rings is 2. The number of esters is 1. The van der Waals surface area contributed by atoms with Crippen LogP contribution in [0.15, 0.2) is 41.6 Å². The average Bonchev–Trinajstić information content (AvgIpc) is 2.90. The fourth-order valence-electron chi connectivity index (χ4n) is 2.89. The molecule has 0 radical (unpaired) electrons. The highest BCUT2D eigenvalue weighted by molar-refractivity contribution is 7.98. The van der Waals surface area contributed by atoms with Crippen LogP contribution in [0.1, 0.15) is 43.6 Å². The summed E-state index contributed by atoms with van der Waals surface area (Å²) in [4.78, 5) is 35.6. The lowest BCUT2D eigenvalue weighted by molar-refractivity contribution is -0.146. The zero-order valence-corrected chi connectivity index (χ0v) is 25.4. The van der Waals surface area contributed by atoms with Crippen LogP contribution >= 0.6 is 35.0 Å². The molecule has 0 unspecified atom stereocenters. The molecule has 1 heterocycles. The van der Waals surface area contributed by atoms with Gasteiger partial charge in [-0.15, -0.1) is 0 Å². The van der Waals surface area contributed by atoms with Crippen molar-refractivity contribution >= 4 is 58.8 Å². The molecule has 1 atom stereocenters. The number of carboxylic acid groups (broad SMARTS) is 1. The summed E-state index contributed by atoms with van der Waals surface area (Å²) in [7, 11) is 0. The molecule has 0 aliphatic heterocycles. The molecule has 1 aromatic heterocycles. The number of carboxylic acids is 1. The second-order valence-corrected chi connectivity index (χ2v) is 10.2. The van der Waals surface area contributed by atoms with Crippen molar-refractivity contribution in [2.45, 2.75) is 51.2 Å². The fraction of sp³-hybridized carbons (Fsp3) is 0.346. The van der Waals surface area contributed by atoms with Crippen LogP contribution in [0.3, 0.4) is 0 Å². The van der Waals surface area contributed by atoms with Crippen molar-refractivity contribution in [3.63, 3.8) is 0 Å². The minimum absolute atomic E-state index is 0.0246. The first kappa shape index (κ1) is 34.7. The summed E-state index contributed by atoms with van der Waals surface area (Å²) in [5.41, 5.74) is -1.12. The van der Waals surface area contributed by atoms with Crippen molar-refractivity contribution in [2.24, 2.45) is 0 Å². The number of hydrogen-bond donors (Lipinski definition) is 3. The van der Waals surface area contributed by atoms with Crippen molar-refractivity contribution in [3.05, 3.63) is 57.6 Å². The number of nitrogens with one attached hydrogen (secondary N) is 2. The lowest BCUT2D eigenvalue weighted by Crippen LogP contribution is -2.23. The second-order valence-electron chi connectivity index (χ2n) is 8.57. The third-order valence-corrected chi connectivity index (χ3v) is 6.00. The number of nitrogens with zero attached hydrogens (tertiary/aromatic N) is 3. The Kier molecular flexibility index (Phi) is 12.9. The van der Waals surface area contributed by atoms with Crippen LogP contribution in [0.2, 0.25) is 10.0 Å². The van der Waals surface area contributed by atoms with Crippen molar-refractivity contribution in [3.8, 4) is 11.5 Å². The van der Waals surface area contributed by atoms with Crippen LogP contribution < -0.4 is 15.4 Å².